The Labute approximate surface area is 122 Å². The fourth-order valence-corrected chi connectivity index (χ4v) is 2.27. The zero-order valence-electron chi connectivity index (χ0n) is 11.2. The molecule has 0 saturated carbocycles. The van der Waals surface area contributed by atoms with Gasteiger partial charge in [-0.3, -0.25) is 4.79 Å². The van der Waals surface area contributed by atoms with Gasteiger partial charge in [-0.2, -0.15) is 0 Å². The molecular weight excluding hydrogens is 292 g/mol. The Morgan fingerprint density at radius 3 is 2.33 bits per heavy atom. The first-order chi connectivity index (χ1) is 9.75. The van der Waals surface area contributed by atoms with Gasteiger partial charge in [0, 0.05) is 16.9 Å². The molecule has 2 rings (SSSR count). The molecule has 0 aliphatic rings. The smallest absolute Gasteiger partial charge is 0.255 e. The van der Waals surface area contributed by atoms with E-state index < -0.39 is 10.0 Å². The molecule has 0 spiro atoms. The number of aromatic nitrogens is 1. The SMILES string of the molecule is Cc1cc(C(=O)Nc2ccc(S(N)(=O)=O)cc2)cc(N)n1. The van der Waals surface area contributed by atoms with Crippen molar-refractivity contribution in [2.24, 2.45) is 5.14 Å². The predicted octanol–water partition coefficient (Wildman–Crippen LogP) is 0.872. The minimum absolute atomic E-state index is 0.0236. The maximum Gasteiger partial charge on any atom is 0.255 e. The van der Waals surface area contributed by atoms with E-state index in [1.807, 2.05) is 0 Å². The standard InChI is InChI=1S/C13H14N4O3S/c1-8-6-9(7-12(14)16-8)13(18)17-10-2-4-11(5-3-10)21(15,19)20/h2-7H,1H3,(H2,14,16)(H,17,18)(H2,15,19,20). The topological polar surface area (TPSA) is 128 Å². The number of nitrogens with zero attached hydrogens (tertiary/aromatic N) is 1. The van der Waals surface area contributed by atoms with Crippen LogP contribution in [0.4, 0.5) is 11.5 Å². The van der Waals surface area contributed by atoms with Crippen molar-refractivity contribution in [2.75, 3.05) is 11.1 Å². The highest BCUT2D eigenvalue weighted by molar-refractivity contribution is 7.89. The van der Waals surface area contributed by atoms with Crippen LogP contribution < -0.4 is 16.2 Å². The Kier molecular flexibility index (Phi) is 3.92. The Hall–Kier alpha value is -2.45. The highest BCUT2D eigenvalue weighted by Crippen LogP contribution is 2.15. The number of primary sulfonamides is 1. The van der Waals surface area contributed by atoms with Crippen LogP contribution in [0.3, 0.4) is 0 Å². The number of carbonyl (C=O) groups is 1. The molecule has 0 atom stereocenters. The number of carbonyl (C=O) groups excluding carboxylic acids is 1. The fourth-order valence-electron chi connectivity index (χ4n) is 1.76. The van der Waals surface area contributed by atoms with Crippen LogP contribution >= 0.6 is 0 Å². The first kappa shape index (κ1) is 14.9. The second-order valence-electron chi connectivity index (χ2n) is 4.45. The predicted molar refractivity (Wildman–Crippen MR) is 79.2 cm³/mol. The summed E-state index contributed by atoms with van der Waals surface area (Å²) in [6.45, 7) is 1.73. The van der Waals surface area contributed by atoms with Crippen LogP contribution in [0.2, 0.25) is 0 Å². The molecule has 0 aliphatic heterocycles. The molecule has 21 heavy (non-hydrogen) atoms. The molecule has 1 amide bonds. The maximum atomic E-state index is 12.1. The van der Waals surface area contributed by atoms with E-state index in [9.17, 15) is 13.2 Å². The number of hydrogen-bond donors (Lipinski definition) is 3. The summed E-state index contributed by atoms with van der Waals surface area (Å²) >= 11 is 0. The van der Waals surface area contributed by atoms with Crippen LogP contribution in [0.5, 0.6) is 0 Å². The molecule has 0 unspecified atom stereocenters. The van der Waals surface area contributed by atoms with Gasteiger partial charge in [-0.1, -0.05) is 0 Å². The average Bonchev–Trinajstić information content (AvgIpc) is 2.37. The van der Waals surface area contributed by atoms with Crippen molar-refractivity contribution in [3.8, 4) is 0 Å². The third-order valence-corrected chi connectivity index (χ3v) is 3.61. The van der Waals surface area contributed by atoms with Crippen molar-refractivity contribution in [1.82, 2.24) is 4.98 Å². The van der Waals surface area contributed by atoms with Crippen molar-refractivity contribution >= 4 is 27.4 Å². The lowest BCUT2D eigenvalue weighted by Gasteiger charge is -2.07. The van der Waals surface area contributed by atoms with Crippen molar-refractivity contribution < 1.29 is 13.2 Å². The second kappa shape index (κ2) is 5.51. The summed E-state index contributed by atoms with van der Waals surface area (Å²) in [5.41, 5.74) is 7.03. The number of aryl methyl sites for hydroxylation is 1. The molecule has 1 heterocycles. The van der Waals surface area contributed by atoms with E-state index in [0.29, 0.717) is 16.9 Å². The zero-order valence-corrected chi connectivity index (χ0v) is 12.0. The van der Waals surface area contributed by atoms with Gasteiger partial charge in [0.1, 0.15) is 5.82 Å². The average molecular weight is 306 g/mol. The van der Waals surface area contributed by atoms with E-state index in [2.05, 4.69) is 10.3 Å². The molecule has 0 fully saturated rings. The van der Waals surface area contributed by atoms with Crippen LogP contribution in [0, 0.1) is 6.92 Å². The molecule has 0 bridgehead atoms. The van der Waals surface area contributed by atoms with Gasteiger partial charge in [0.05, 0.1) is 4.90 Å². The number of anilines is 2. The van der Waals surface area contributed by atoms with Crippen molar-refractivity contribution in [1.29, 1.82) is 0 Å². The molecular formula is C13H14N4O3S. The molecule has 0 radical (unpaired) electrons. The number of hydrogen-bond acceptors (Lipinski definition) is 5. The number of sulfonamides is 1. The third-order valence-electron chi connectivity index (χ3n) is 2.68. The van der Waals surface area contributed by atoms with E-state index in [-0.39, 0.29) is 16.6 Å². The molecule has 2 aromatic rings. The summed E-state index contributed by atoms with van der Waals surface area (Å²) in [6.07, 6.45) is 0. The number of nitrogen functional groups attached to an aromatic ring is 1. The molecule has 110 valence electrons. The maximum absolute atomic E-state index is 12.1. The van der Waals surface area contributed by atoms with E-state index >= 15 is 0 Å². The van der Waals surface area contributed by atoms with Crippen LogP contribution in [0.15, 0.2) is 41.3 Å². The quantitative estimate of drug-likeness (QED) is 0.775. The van der Waals surface area contributed by atoms with Gasteiger partial charge in [0.25, 0.3) is 5.91 Å². The number of amides is 1. The largest absolute Gasteiger partial charge is 0.384 e. The Bertz CT molecular complexity index is 765. The molecule has 1 aromatic heterocycles. The number of nitrogens with two attached hydrogens (primary N) is 2. The number of nitrogens with one attached hydrogen (secondary N) is 1. The van der Waals surface area contributed by atoms with Crippen LogP contribution in [0.25, 0.3) is 0 Å². The lowest BCUT2D eigenvalue weighted by atomic mass is 10.2. The van der Waals surface area contributed by atoms with Gasteiger partial charge in [-0.25, -0.2) is 18.5 Å². The van der Waals surface area contributed by atoms with Crippen molar-refractivity contribution in [2.45, 2.75) is 11.8 Å². The van der Waals surface area contributed by atoms with E-state index in [1.165, 1.54) is 30.3 Å². The lowest BCUT2D eigenvalue weighted by molar-refractivity contribution is 0.102. The Morgan fingerprint density at radius 2 is 1.81 bits per heavy atom. The summed E-state index contributed by atoms with van der Waals surface area (Å²) in [5, 5.41) is 7.63. The summed E-state index contributed by atoms with van der Waals surface area (Å²) < 4.78 is 22.3. The summed E-state index contributed by atoms with van der Waals surface area (Å²) in [4.78, 5) is 16.0. The minimum Gasteiger partial charge on any atom is -0.384 e. The van der Waals surface area contributed by atoms with Crippen molar-refractivity contribution in [3.05, 3.63) is 47.7 Å². The van der Waals surface area contributed by atoms with Gasteiger partial charge in [-0.05, 0) is 43.3 Å². The minimum atomic E-state index is -3.75. The molecule has 8 heteroatoms. The molecule has 5 N–H and O–H groups in total. The van der Waals surface area contributed by atoms with Crippen LogP contribution in [0.1, 0.15) is 16.1 Å². The number of rotatable bonds is 3. The fraction of sp³-hybridized carbons (Fsp3) is 0.0769. The first-order valence-electron chi connectivity index (χ1n) is 5.94. The number of pyridine rings is 1. The van der Waals surface area contributed by atoms with Gasteiger partial charge < -0.3 is 11.1 Å². The number of benzene rings is 1. The molecule has 7 nitrogen and oxygen atoms in total. The van der Waals surface area contributed by atoms with E-state index in [1.54, 1.807) is 13.0 Å². The highest BCUT2D eigenvalue weighted by Gasteiger charge is 2.10. The summed E-state index contributed by atoms with van der Waals surface area (Å²) in [5.74, 6) is -0.111. The first-order valence-corrected chi connectivity index (χ1v) is 7.49. The van der Waals surface area contributed by atoms with E-state index in [0.717, 1.165) is 0 Å². The molecule has 0 saturated heterocycles. The third kappa shape index (κ3) is 3.77. The van der Waals surface area contributed by atoms with Gasteiger partial charge in [-0.15, -0.1) is 0 Å². The summed E-state index contributed by atoms with van der Waals surface area (Å²) in [6, 6.07) is 8.60. The van der Waals surface area contributed by atoms with E-state index in [4.69, 9.17) is 10.9 Å². The highest BCUT2D eigenvalue weighted by atomic mass is 32.2. The summed E-state index contributed by atoms with van der Waals surface area (Å²) in [7, 11) is -3.75. The lowest BCUT2D eigenvalue weighted by Crippen LogP contribution is -2.14. The van der Waals surface area contributed by atoms with Gasteiger partial charge >= 0.3 is 0 Å². The van der Waals surface area contributed by atoms with Crippen LogP contribution in [-0.4, -0.2) is 19.3 Å². The van der Waals surface area contributed by atoms with Gasteiger partial charge in [0.2, 0.25) is 10.0 Å². The van der Waals surface area contributed by atoms with Crippen LogP contribution in [-0.2, 0) is 10.0 Å². The second-order valence-corrected chi connectivity index (χ2v) is 6.01. The molecule has 0 aliphatic carbocycles. The Morgan fingerprint density at radius 1 is 1.19 bits per heavy atom. The molecule has 1 aromatic carbocycles. The Balaban J connectivity index is 2.20. The zero-order chi connectivity index (χ0) is 15.6. The normalized spacial score (nSPS) is 11.1. The van der Waals surface area contributed by atoms with Gasteiger partial charge in [0.15, 0.2) is 0 Å². The van der Waals surface area contributed by atoms with Crippen molar-refractivity contribution in [3.63, 3.8) is 0 Å². The monoisotopic (exact) mass is 306 g/mol.